The summed E-state index contributed by atoms with van der Waals surface area (Å²) >= 11 is 3.54. The van der Waals surface area contributed by atoms with Crippen molar-refractivity contribution in [3.8, 4) is 11.5 Å². The molecule has 39 heavy (non-hydrogen) atoms. The Morgan fingerprint density at radius 2 is 1.21 bits per heavy atom. The third-order valence-electron chi connectivity index (χ3n) is 7.19. The van der Waals surface area contributed by atoms with E-state index in [0.29, 0.717) is 6.61 Å². The van der Waals surface area contributed by atoms with Gasteiger partial charge in [-0.3, -0.25) is 0 Å². The van der Waals surface area contributed by atoms with Crippen LogP contribution in [0.1, 0.15) is 128 Å². The predicted octanol–water partition coefficient (Wildman–Crippen LogP) is 11.0. The minimum absolute atomic E-state index is 0.0262. The van der Waals surface area contributed by atoms with Gasteiger partial charge in [0.15, 0.2) is 11.5 Å². The van der Waals surface area contributed by atoms with Crippen molar-refractivity contribution < 1.29 is 14.6 Å². The highest BCUT2D eigenvalue weighted by Gasteiger charge is 2.09. The molecule has 0 aliphatic heterocycles. The normalized spacial score (nSPS) is 11.6. The van der Waals surface area contributed by atoms with E-state index in [0.717, 1.165) is 52.1 Å². The topological polar surface area (TPSA) is 38.7 Å². The van der Waals surface area contributed by atoms with Gasteiger partial charge in [-0.2, -0.15) is 0 Å². The van der Waals surface area contributed by atoms with Gasteiger partial charge in [-0.15, -0.1) is 0 Å². The summed E-state index contributed by atoms with van der Waals surface area (Å²) in [5, 5.41) is 10.1. The lowest BCUT2D eigenvalue weighted by molar-refractivity contribution is 0.258. The molecule has 0 fully saturated rings. The number of aliphatic hydroxyl groups excluding tert-OH is 1. The molecule has 3 nitrogen and oxygen atoms in total. The Balaban J connectivity index is 1.94. The van der Waals surface area contributed by atoms with Gasteiger partial charge >= 0.3 is 0 Å². The van der Waals surface area contributed by atoms with E-state index in [2.05, 4.69) is 41.9 Å². The zero-order valence-electron chi connectivity index (χ0n) is 24.7. The highest BCUT2D eigenvalue weighted by Crippen LogP contribution is 2.31. The Kier molecular flexibility index (Phi) is 18.8. The van der Waals surface area contributed by atoms with Gasteiger partial charge in [-0.05, 0) is 59.9 Å². The van der Waals surface area contributed by atoms with Crippen LogP contribution in [0.5, 0.6) is 11.5 Å². The minimum atomic E-state index is -0.0262. The molecule has 0 bridgehead atoms. The van der Waals surface area contributed by atoms with Gasteiger partial charge in [0.05, 0.1) is 19.8 Å². The molecule has 0 saturated heterocycles. The first-order valence-electron chi connectivity index (χ1n) is 15.6. The molecule has 0 radical (unpaired) electrons. The Hall–Kier alpha value is -1.78. The molecule has 2 rings (SSSR count). The highest BCUT2D eigenvalue weighted by molar-refractivity contribution is 9.10. The van der Waals surface area contributed by atoms with Crippen molar-refractivity contribution in [2.24, 2.45) is 0 Å². The molecule has 2 aromatic carbocycles. The largest absolute Gasteiger partial charge is 0.490 e. The number of hydrogen-bond acceptors (Lipinski definition) is 3. The van der Waals surface area contributed by atoms with E-state index in [-0.39, 0.29) is 6.61 Å². The van der Waals surface area contributed by atoms with Crippen molar-refractivity contribution >= 4 is 27.6 Å². The fraction of sp³-hybridized carbons (Fsp3) is 0.600. The first-order chi connectivity index (χ1) is 19.2. The molecule has 0 aliphatic carbocycles. The second kappa shape index (κ2) is 22.0. The molecule has 4 heteroatoms. The Morgan fingerprint density at radius 3 is 1.74 bits per heavy atom. The predicted molar refractivity (Wildman–Crippen MR) is 172 cm³/mol. The van der Waals surface area contributed by atoms with Gasteiger partial charge in [-0.25, -0.2) is 0 Å². The smallest absolute Gasteiger partial charge is 0.161 e. The molecular weight excluding hydrogens is 548 g/mol. The van der Waals surface area contributed by atoms with Crippen molar-refractivity contribution in [1.29, 1.82) is 0 Å². The maximum absolute atomic E-state index is 10.1. The third kappa shape index (κ3) is 15.0. The lowest BCUT2D eigenvalue weighted by Crippen LogP contribution is -2.03. The zero-order valence-corrected chi connectivity index (χ0v) is 26.3. The summed E-state index contributed by atoms with van der Waals surface area (Å²) in [5.41, 5.74) is 2.88. The van der Waals surface area contributed by atoms with Crippen LogP contribution >= 0.6 is 15.9 Å². The summed E-state index contributed by atoms with van der Waals surface area (Å²) in [6.45, 7) is 5.93. The summed E-state index contributed by atoms with van der Waals surface area (Å²) in [5.74, 6) is 1.63. The molecule has 218 valence electrons. The number of halogens is 1. The van der Waals surface area contributed by atoms with Crippen LogP contribution in [0.4, 0.5) is 0 Å². The lowest BCUT2D eigenvalue weighted by Gasteiger charge is -2.14. The molecule has 0 amide bonds. The van der Waals surface area contributed by atoms with E-state index in [1.807, 2.05) is 36.4 Å². The van der Waals surface area contributed by atoms with Crippen molar-refractivity contribution in [3.63, 3.8) is 0 Å². The Labute approximate surface area is 247 Å². The number of aliphatic hydroxyl groups is 1. The van der Waals surface area contributed by atoms with Crippen LogP contribution in [0.3, 0.4) is 0 Å². The molecule has 0 saturated carbocycles. The fourth-order valence-electron chi connectivity index (χ4n) is 4.79. The van der Waals surface area contributed by atoms with Crippen LogP contribution < -0.4 is 9.47 Å². The number of benzene rings is 2. The molecule has 0 atom stereocenters. The molecule has 0 aromatic heterocycles. The summed E-state index contributed by atoms with van der Waals surface area (Å²) in [6.07, 6.45) is 22.6. The number of unbranched alkanes of at least 4 members (excludes halogenated alkanes) is 14. The molecule has 0 heterocycles. The highest BCUT2D eigenvalue weighted by atomic mass is 79.9. The number of ether oxygens (including phenoxy) is 2. The van der Waals surface area contributed by atoms with Gasteiger partial charge < -0.3 is 14.6 Å². The molecular formula is C35H53BrO3. The molecule has 0 aliphatic rings. The molecule has 0 unspecified atom stereocenters. The lowest BCUT2D eigenvalue weighted by atomic mass is 10.0. The van der Waals surface area contributed by atoms with Crippen molar-refractivity contribution in [2.75, 3.05) is 19.8 Å². The average molecular weight is 602 g/mol. The van der Waals surface area contributed by atoms with Crippen LogP contribution in [0.2, 0.25) is 0 Å². The van der Waals surface area contributed by atoms with Gasteiger partial charge in [0.2, 0.25) is 0 Å². The van der Waals surface area contributed by atoms with Crippen molar-refractivity contribution in [1.82, 2.24) is 0 Å². The van der Waals surface area contributed by atoms with E-state index in [1.54, 1.807) is 0 Å². The first-order valence-corrected chi connectivity index (χ1v) is 16.4. The number of hydrogen-bond donors (Lipinski definition) is 1. The summed E-state index contributed by atoms with van der Waals surface area (Å²) in [7, 11) is 0. The van der Waals surface area contributed by atoms with Gasteiger partial charge in [0.25, 0.3) is 0 Å². The van der Waals surface area contributed by atoms with Crippen LogP contribution in [0.15, 0.2) is 46.9 Å². The Morgan fingerprint density at radius 1 is 0.667 bits per heavy atom. The monoisotopic (exact) mass is 600 g/mol. The van der Waals surface area contributed by atoms with Crippen molar-refractivity contribution in [2.45, 2.75) is 117 Å². The van der Waals surface area contributed by atoms with Gasteiger partial charge in [0, 0.05) is 4.47 Å². The second-order valence-electron chi connectivity index (χ2n) is 10.7. The fourth-order valence-corrected chi connectivity index (χ4v) is 5.19. The Bertz CT molecular complexity index is 924. The minimum Gasteiger partial charge on any atom is -0.490 e. The van der Waals surface area contributed by atoms with E-state index in [4.69, 9.17) is 9.47 Å². The molecule has 1 N–H and O–H groups in total. The van der Waals surface area contributed by atoms with E-state index in [1.165, 1.54) is 89.9 Å². The summed E-state index contributed by atoms with van der Waals surface area (Å²) in [6, 6.07) is 14.2. The second-order valence-corrected chi connectivity index (χ2v) is 11.6. The van der Waals surface area contributed by atoms with Crippen molar-refractivity contribution in [3.05, 3.63) is 58.1 Å². The standard InChI is InChI=1S/C35H53BrO3/c1-3-5-7-9-11-13-15-17-24-38-34-23-22-30(26-32(29-37)31-20-19-21-33(36)28-31)27-35(34)39-25-18-16-14-12-10-8-6-4-2/h19-23,26-28,37H,3-18,24-25,29H2,1-2H3/b32-26+. The summed E-state index contributed by atoms with van der Waals surface area (Å²) < 4.78 is 13.5. The quantitative estimate of drug-likeness (QED) is 0.102. The third-order valence-corrected chi connectivity index (χ3v) is 7.68. The number of rotatable bonds is 23. The molecule has 2 aromatic rings. The van der Waals surface area contributed by atoms with Crippen LogP contribution in [-0.4, -0.2) is 24.9 Å². The van der Waals surface area contributed by atoms with Crippen LogP contribution in [0.25, 0.3) is 11.6 Å². The molecule has 0 spiro atoms. The van der Waals surface area contributed by atoms with Gasteiger partial charge in [-0.1, -0.05) is 138 Å². The first kappa shape index (κ1) is 33.4. The maximum Gasteiger partial charge on any atom is 0.161 e. The zero-order chi connectivity index (χ0) is 28.0. The average Bonchev–Trinajstić information content (AvgIpc) is 2.95. The van der Waals surface area contributed by atoms with E-state index < -0.39 is 0 Å². The van der Waals surface area contributed by atoms with E-state index >= 15 is 0 Å². The van der Waals surface area contributed by atoms with Crippen LogP contribution in [-0.2, 0) is 0 Å². The SMILES string of the molecule is CCCCCCCCCCOc1ccc(/C=C(\CO)c2cccc(Br)c2)cc1OCCCCCCCCCC. The van der Waals surface area contributed by atoms with Gasteiger partial charge in [0.1, 0.15) is 0 Å². The van der Waals surface area contributed by atoms with E-state index in [9.17, 15) is 5.11 Å². The van der Waals surface area contributed by atoms with Crippen LogP contribution in [0, 0.1) is 0 Å². The maximum atomic E-state index is 10.1. The summed E-state index contributed by atoms with van der Waals surface area (Å²) in [4.78, 5) is 0.